The monoisotopic (exact) mass is 473 g/mol. The van der Waals surface area contributed by atoms with E-state index in [1.54, 1.807) is 18.2 Å². The number of likely N-dealkylation sites (tertiary alicyclic amines) is 1. The number of amides is 1. The first kappa shape index (κ1) is 22.9. The number of halogens is 1. The first-order valence-corrected chi connectivity index (χ1v) is 11.7. The number of aromatic nitrogens is 2. The second-order valence-corrected chi connectivity index (χ2v) is 8.93. The van der Waals surface area contributed by atoms with E-state index in [2.05, 4.69) is 36.1 Å². The van der Waals surface area contributed by atoms with Gasteiger partial charge in [-0.15, -0.1) is 0 Å². The van der Waals surface area contributed by atoms with Crippen LogP contribution in [0, 0.1) is 12.7 Å². The van der Waals surface area contributed by atoms with E-state index in [1.165, 1.54) is 6.42 Å². The van der Waals surface area contributed by atoms with E-state index in [-0.39, 0.29) is 17.7 Å². The highest BCUT2D eigenvalue weighted by Crippen LogP contribution is 2.24. The van der Waals surface area contributed by atoms with E-state index in [4.69, 9.17) is 0 Å². The number of hydrogen-bond acceptors (Lipinski definition) is 7. The molecule has 5 rings (SSSR count). The Morgan fingerprint density at radius 1 is 1.17 bits per heavy atom. The van der Waals surface area contributed by atoms with Crippen LogP contribution in [-0.2, 0) is 4.79 Å². The third kappa shape index (κ3) is 5.82. The highest BCUT2D eigenvalue weighted by molar-refractivity contribution is 5.99. The third-order valence-electron chi connectivity index (χ3n) is 6.19. The topological polar surface area (TPSA) is 94.2 Å². The van der Waals surface area contributed by atoms with Crippen molar-refractivity contribution in [2.24, 2.45) is 0 Å². The van der Waals surface area contributed by atoms with Gasteiger partial charge in [0.2, 0.25) is 11.9 Å². The molecule has 8 nitrogen and oxygen atoms in total. The number of aryl methyl sites for hydroxylation is 1. The van der Waals surface area contributed by atoms with E-state index < -0.39 is 5.82 Å². The number of anilines is 5. The Bertz CT molecular complexity index is 1250. The quantitative estimate of drug-likeness (QED) is 0.368. The molecule has 2 atom stereocenters. The summed E-state index contributed by atoms with van der Waals surface area (Å²) in [5, 5.41) is 12.4. The van der Waals surface area contributed by atoms with Crippen LogP contribution in [0.2, 0.25) is 0 Å². The molecule has 2 aliphatic rings. The molecular formula is C26H28FN7O. The summed E-state index contributed by atoms with van der Waals surface area (Å²) in [6.45, 7) is 4.81. The summed E-state index contributed by atoms with van der Waals surface area (Å²) in [7, 11) is 0. The van der Waals surface area contributed by atoms with Crippen LogP contribution in [0.3, 0.4) is 0 Å². The number of benzene rings is 2. The zero-order chi connectivity index (χ0) is 24.2. The van der Waals surface area contributed by atoms with Crippen molar-refractivity contribution in [3.63, 3.8) is 0 Å². The van der Waals surface area contributed by atoms with Gasteiger partial charge in [-0.2, -0.15) is 4.98 Å². The number of nitrogens with one attached hydrogen (secondary N) is 4. The summed E-state index contributed by atoms with van der Waals surface area (Å²) >= 11 is 0. The average molecular weight is 474 g/mol. The first-order chi connectivity index (χ1) is 17.0. The van der Waals surface area contributed by atoms with Gasteiger partial charge in [0.25, 0.3) is 0 Å². The molecule has 180 valence electrons. The lowest BCUT2D eigenvalue weighted by Gasteiger charge is -2.25. The minimum Gasteiger partial charge on any atom is -0.338 e. The minimum atomic E-state index is -0.553. The van der Waals surface area contributed by atoms with Crippen molar-refractivity contribution in [1.29, 1.82) is 0 Å². The molecule has 1 aromatic heterocycles. The fraction of sp³-hybridized carbons (Fsp3) is 0.269. The second-order valence-electron chi connectivity index (χ2n) is 8.93. The first-order valence-electron chi connectivity index (χ1n) is 11.7. The van der Waals surface area contributed by atoms with Gasteiger partial charge in [0.15, 0.2) is 11.6 Å². The molecule has 2 bridgehead atoms. The fourth-order valence-electron chi connectivity index (χ4n) is 4.53. The summed E-state index contributed by atoms with van der Waals surface area (Å²) in [5.41, 5.74) is 3.09. The molecule has 3 aromatic rings. The van der Waals surface area contributed by atoms with Gasteiger partial charge in [0.05, 0.1) is 6.20 Å². The summed E-state index contributed by atoms with van der Waals surface area (Å²) in [6, 6.07) is 16.0. The normalized spacial score (nSPS) is 19.3. The molecule has 2 aliphatic heterocycles. The number of fused-ring (bicyclic) bond motifs is 2. The smallest absolute Gasteiger partial charge is 0.248 e. The number of carbonyl (C=O) groups is 1. The number of hydrogen-bond donors (Lipinski definition) is 4. The van der Waals surface area contributed by atoms with Gasteiger partial charge in [-0.3, -0.25) is 9.69 Å². The van der Waals surface area contributed by atoms with Crippen LogP contribution in [0.4, 0.5) is 33.2 Å². The maximum Gasteiger partial charge on any atom is 0.248 e. The molecule has 2 saturated heterocycles. The molecule has 4 N–H and O–H groups in total. The molecule has 1 amide bonds. The van der Waals surface area contributed by atoms with E-state index in [9.17, 15) is 9.18 Å². The molecule has 35 heavy (non-hydrogen) atoms. The van der Waals surface area contributed by atoms with Gasteiger partial charge in [-0.25, -0.2) is 9.37 Å². The van der Waals surface area contributed by atoms with Crippen LogP contribution < -0.4 is 21.3 Å². The molecule has 0 aliphatic carbocycles. The van der Waals surface area contributed by atoms with E-state index in [0.717, 1.165) is 37.1 Å². The van der Waals surface area contributed by atoms with Gasteiger partial charge in [-0.1, -0.05) is 24.3 Å². The Balaban J connectivity index is 1.19. The van der Waals surface area contributed by atoms with E-state index in [1.807, 2.05) is 49.4 Å². The largest absolute Gasteiger partial charge is 0.338 e. The van der Waals surface area contributed by atoms with Gasteiger partial charge in [0, 0.05) is 54.9 Å². The minimum absolute atomic E-state index is 0.0738. The lowest BCUT2D eigenvalue weighted by molar-refractivity contribution is -0.111. The van der Waals surface area contributed by atoms with Crippen molar-refractivity contribution in [3.8, 4) is 0 Å². The van der Waals surface area contributed by atoms with Crippen LogP contribution in [0.25, 0.3) is 0 Å². The standard InChI is InChI=1S/C26H28FN7O/c1-17-5-2-6-18(11-17)31-25-23(27)15-29-26(33-25)32-20-8-3-7-19(12-20)30-24(35)9-4-10-34-16-21-13-22(34)14-28-21/h2-9,11-12,15,21-22,28H,10,13-14,16H2,1H3,(H,30,35)(H2,29,31,32,33). The highest BCUT2D eigenvalue weighted by Gasteiger charge is 2.36. The number of nitrogens with zero attached hydrogens (tertiary/aromatic N) is 3. The predicted octanol–water partition coefficient (Wildman–Crippen LogP) is 3.95. The summed E-state index contributed by atoms with van der Waals surface area (Å²) in [6.07, 6.45) is 5.80. The number of carbonyl (C=O) groups excluding carboxylic acids is 1. The number of rotatable bonds is 8. The second kappa shape index (κ2) is 10.2. The molecule has 0 saturated carbocycles. The Morgan fingerprint density at radius 3 is 2.74 bits per heavy atom. The fourth-order valence-corrected chi connectivity index (χ4v) is 4.53. The highest BCUT2D eigenvalue weighted by atomic mass is 19.1. The summed E-state index contributed by atoms with van der Waals surface area (Å²) < 4.78 is 14.3. The Kier molecular flexibility index (Phi) is 6.69. The summed E-state index contributed by atoms with van der Waals surface area (Å²) in [4.78, 5) is 23.1. The van der Waals surface area contributed by atoms with Crippen molar-refractivity contribution in [3.05, 3.63) is 78.3 Å². The van der Waals surface area contributed by atoms with Crippen LogP contribution in [-0.4, -0.2) is 52.5 Å². The number of piperazine rings is 1. The van der Waals surface area contributed by atoms with Crippen molar-refractivity contribution >= 4 is 34.7 Å². The van der Waals surface area contributed by atoms with Crippen LogP contribution in [0.15, 0.2) is 66.9 Å². The van der Waals surface area contributed by atoms with E-state index >= 15 is 0 Å². The Hall–Kier alpha value is -3.82. The average Bonchev–Trinajstić information content (AvgIpc) is 3.45. The lowest BCUT2D eigenvalue weighted by Crippen LogP contribution is -2.43. The molecule has 9 heteroatoms. The zero-order valence-electron chi connectivity index (χ0n) is 19.5. The molecule has 3 heterocycles. The Labute approximate surface area is 203 Å². The zero-order valence-corrected chi connectivity index (χ0v) is 19.5. The van der Waals surface area contributed by atoms with Crippen molar-refractivity contribution in [2.75, 3.05) is 35.6 Å². The van der Waals surface area contributed by atoms with Crippen molar-refractivity contribution in [2.45, 2.75) is 25.4 Å². The molecular weight excluding hydrogens is 445 g/mol. The molecule has 0 radical (unpaired) electrons. The summed E-state index contributed by atoms with van der Waals surface area (Å²) in [5.74, 6) is -0.431. The van der Waals surface area contributed by atoms with Gasteiger partial charge in [0.1, 0.15) is 0 Å². The van der Waals surface area contributed by atoms with Gasteiger partial charge in [-0.05, 0) is 49.2 Å². The molecule has 2 aromatic carbocycles. The molecule has 2 fully saturated rings. The lowest BCUT2D eigenvalue weighted by atomic mass is 10.2. The van der Waals surface area contributed by atoms with Gasteiger partial charge < -0.3 is 21.3 Å². The molecule has 0 spiro atoms. The maximum atomic E-state index is 14.3. The molecule has 2 unspecified atom stereocenters. The van der Waals surface area contributed by atoms with Gasteiger partial charge >= 0.3 is 0 Å². The SMILES string of the molecule is Cc1cccc(Nc2nc(Nc3cccc(NC(=O)C=CCN4CC5CC4CN5)c3)ncc2F)c1. The van der Waals surface area contributed by atoms with Crippen LogP contribution >= 0.6 is 0 Å². The third-order valence-corrected chi connectivity index (χ3v) is 6.19. The Morgan fingerprint density at radius 2 is 1.97 bits per heavy atom. The van der Waals surface area contributed by atoms with E-state index in [0.29, 0.717) is 23.5 Å². The predicted molar refractivity (Wildman–Crippen MR) is 136 cm³/mol. The van der Waals surface area contributed by atoms with Crippen molar-refractivity contribution in [1.82, 2.24) is 20.2 Å². The van der Waals surface area contributed by atoms with Crippen LogP contribution in [0.1, 0.15) is 12.0 Å². The van der Waals surface area contributed by atoms with Crippen molar-refractivity contribution < 1.29 is 9.18 Å². The van der Waals surface area contributed by atoms with Crippen LogP contribution in [0.5, 0.6) is 0 Å². The maximum absolute atomic E-state index is 14.3.